The van der Waals surface area contributed by atoms with Crippen molar-refractivity contribution in [3.05, 3.63) is 34.6 Å². The zero-order valence-electron chi connectivity index (χ0n) is 11.3. The Bertz CT molecular complexity index is 580. The summed E-state index contributed by atoms with van der Waals surface area (Å²) in [6.07, 6.45) is 2.06. The largest absolute Gasteiger partial charge is 0.312 e. The van der Waals surface area contributed by atoms with Crippen LogP contribution in [0.4, 0.5) is 4.39 Å². The van der Waals surface area contributed by atoms with Crippen molar-refractivity contribution in [1.82, 2.24) is 9.62 Å². The highest BCUT2D eigenvalue weighted by atomic mass is 35.5. The number of hydrogen-bond acceptors (Lipinski definition) is 3. The summed E-state index contributed by atoms with van der Waals surface area (Å²) in [5.74, 6) is -0.0470. The van der Waals surface area contributed by atoms with Gasteiger partial charge in [0.2, 0.25) is 10.0 Å². The second-order valence-corrected chi connectivity index (χ2v) is 7.56. The molecule has 0 amide bonds. The van der Waals surface area contributed by atoms with Crippen molar-refractivity contribution in [2.24, 2.45) is 5.92 Å². The molecule has 0 radical (unpaired) electrons. The Labute approximate surface area is 124 Å². The lowest BCUT2D eigenvalue weighted by Crippen LogP contribution is -2.30. The van der Waals surface area contributed by atoms with Crippen molar-refractivity contribution in [1.29, 1.82) is 0 Å². The van der Waals surface area contributed by atoms with Gasteiger partial charge in [0.15, 0.2) is 0 Å². The van der Waals surface area contributed by atoms with Crippen LogP contribution in [0.1, 0.15) is 12.0 Å². The van der Waals surface area contributed by atoms with Gasteiger partial charge in [-0.05, 0) is 31.0 Å². The van der Waals surface area contributed by atoms with Crippen LogP contribution in [0.2, 0.25) is 5.02 Å². The standard InChI is InChI=1S/C13H18ClFN2O2S/c1-20(18,19)17-5-4-10(9-17)7-16-8-11-2-3-12(14)6-13(11)15/h2-3,6,10,16H,4-5,7-9H2,1H3/t10-/m1/s1. The van der Waals surface area contributed by atoms with E-state index in [-0.39, 0.29) is 11.7 Å². The van der Waals surface area contributed by atoms with E-state index < -0.39 is 10.0 Å². The summed E-state index contributed by atoms with van der Waals surface area (Å²) in [6, 6.07) is 4.60. The highest BCUT2D eigenvalue weighted by Gasteiger charge is 2.27. The van der Waals surface area contributed by atoms with Gasteiger partial charge in [0, 0.05) is 30.2 Å². The maximum Gasteiger partial charge on any atom is 0.211 e. The summed E-state index contributed by atoms with van der Waals surface area (Å²) in [5.41, 5.74) is 0.562. The van der Waals surface area contributed by atoms with E-state index in [1.54, 1.807) is 12.1 Å². The van der Waals surface area contributed by atoms with Gasteiger partial charge in [-0.25, -0.2) is 17.1 Å². The van der Waals surface area contributed by atoms with Gasteiger partial charge >= 0.3 is 0 Å². The van der Waals surface area contributed by atoms with Crippen LogP contribution in [0, 0.1) is 11.7 Å². The molecule has 1 N–H and O–H groups in total. The summed E-state index contributed by atoms with van der Waals surface area (Å²) in [7, 11) is -3.09. The molecule has 1 aromatic rings. The van der Waals surface area contributed by atoms with E-state index in [9.17, 15) is 12.8 Å². The monoisotopic (exact) mass is 320 g/mol. The molecule has 0 saturated carbocycles. The zero-order valence-corrected chi connectivity index (χ0v) is 12.8. The van der Waals surface area contributed by atoms with Crippen molar-refractivity contribution < 1.29 is 12.8 Å². The average Bonchev–Trinajstić information content (AvgIpc) is 2.80. The smallest absolute Gasteiger partial charge is 0.211 e. The Morgan fingerprint density at radius 1 is 1.50 bits per heavy atom. The lowest BCUT2D eigenvalue weighted by atomic mass is 10.1. The molecule has 0 unspecified atom stereocenters. The highest BCUT2D eigenvalue weighted by Crippen LogP contribution is 2.18. The Kier molecular flexibility index (Phi) is 5.01. The number of benzene rings is 1. The van der Waals surface area contributed by atoms with Crippen LogP contribution in [0.15, 0.2) is 18.2 Å². The van der Waals surface area contributed by atoms with Crippen LogP contribution in [0.5, 0.6) is 0 Å². The Hall–Kier alpha value is -0.690. The number of nitrogens with zero attached hydrogens (tertiary/aromatic N) is 1. The average molecular weight is 321 g/mol. The molecular weight excluding hydrogens is 303 g/mol. The second-order valence-electron chi connectivity index (χ2n) is 5.14. The van der Waals surface area contributed by atoms with Crippen molar-refractivity contribution >= 4 is 21.6 Å². The minimum atomic E-state index is -3.09. The third-order valence-corrected chi connectivity index (χ3v) is 4.99. The van der Waals surface area contributed by atoms with Crippen molar-refractivity contribution in [2.75, 3.05) is 25.9 Å². The van der Waals surface area contributed by atoms with Gasteiger partial charge in [-0.1, -0.05) is 17.7 Å². The normalized spacial score (nSPS) is 20.4. The first-order valence-electron chi connectivity index (χ1n) is 6.46. The maximum atomic E-state index is 13.6. The zero-order chi connectivity index (χ0) is 14.8. The fraction of sp³-hybridized carbons (Fsp3) is 0.538. The van der Waals surface area contributed by atoms with Crippen molar-refractivity contribution in [2.45, 2.75) is 13.0 Å². The molecule has 1 atom stereocenters. The third-order valence-electron chi connectivity index (χ3n) is 3.48. The summed E-state index contributed by atoms with van der Waals surface area (Å²) in [6.45, 7) is 2.20. The lowest BCUT2D eigenvalue weighted by Gasteiger charge is -2.14. The van der Waals surface area contributed by atoms with Crippen molar-refractivity contribution in [3.8, 4) is 0 Å². The third kappa shape index (κ3) is 4.15. The molecule has 1 heterocycles. The predicted octanol–water partition coefficient (Wildman–Crippen LogP) is 1.85. The number of rotatable bonds is 5. The Morgan fingerprint density at radius 2 is 2.25 bits per heavy atom. The SMILES string of the molecule is CS(=O)(=O)N1CC[C@H](CNCc2ccc(Cl)cc2F)C1. The quantitative estimate of drug-likeness (QED) is 0.901. The summed E-state index contributed by atoms with van der Waals surface area (Å²) in [5, 5.41) is 3.55. The van der Waals surface area contributed by atoms with E-state index in [0.29, 0.717) is 36.8 Å². The van der Waals surface area contributed by atoms with E-state index >= 15 is 0 Å². The van der Waals surface area contributed by atoms with Gasteiger partial charge in [0.25, 0.3) is 0 Å². The fourth-order valence-electron chi connectivity index (χ4n) is 2.34. The molecule has 1 aromatic carbocycles. The molecule has 0 aliphatic carbocycles. The van der Waals surface area contributed by atoms with Crippen molar-refractivity contribution in [3.63, 3.8) is 0 Å². The molecule has 1 saturated heterocycles. The first-order chi connectivity index (χ1) is 9.36. The molecule has 1 aliphatic heterocycles. The summed E-state index contributed by atoms with van der Waals surface area (Å²) < 4.78 is 37.8. The van der Waals surface area contributed by atoms with Gasteiger partial charge in [-0.15, -0.1) is 0 Å². The van der Waals surface area contributed by atoms with Crippen LogP contribution in [0.3, 0.4) is 0 Å². The van der Waals surface area contributed by atoms with E-state index in [2.05, 4.69) is 5.32 Å². The van der Waals surface area contributed by atoms with E-state index in [0.717, 1.165) is 6.42 Å². The van der Waals surface area contributed by atoms with E-state index in [1.807, 2.05) is 0 Å². The minimum Gasteiger partial charge on any atom is -0.312 e. The first-order valence-corrected chi connectivity index (χ1v) is 8.68. The van der Waals surface area contributed by atoms with Gasteiger partial charge in [0.05, 0.1) is 6.26 Å². The van der Waals surface area contributed by atoms with Gasteiger partial charge in [-0.3, -0.25) is 0 Å². The molecule has 1 aliphatic rings. The van der Waals surface area contributed by atoms with Gasteiger partial charge in [-0.2, -0.15) is 0 Å². The van der Waals surface area contributed by atoms with Gasteiger partial charge < -0.3 is 5.32 Å². The lowest BCUT2D eigenvalue weighted by molar-refractivity contribution is 0.446. The molecule has 4 nitrogen and oxygen atoms in total. The highest BCUT2D eigenvalue weighted by molar-refractivity contribution is 7.88. The molecule has 0 bridgehead atoms. The number of halogens is 2. The number of nitrogens with one attached hydrogen (secondary N) is 1. The van der Waals surface area contributed by atoms with Crippen LogP contribution >= 0.6 is 11.6 Å². The molecule has 112 valence electrons. The van der Waals surface area contributed by atoms with Gasteiger partial charge in [0.1, 0.15) is 5.82 Å². The van der Waals surface area contributed by atoms with E-state index in [1.165, 1.54) is 16.6 Å². The van der Waals surface area contributed by atoms with E-state index in [4.69, 9.17) is 11.6 Å². The Balaban J connectivity index is 1.80. The number of hydrogen-bond donors (Lipinski definition) is 1. The predicted molar refractivity (Wildman–Crippen MR) is 77.6 cm³/mol. The van der Waals surface area contributed by atoms with Crippen LogP contribution in [0.25, 0.3) is 0 Å². The first kappa shape index (κ1) is 15.7. The topological polar surface area (TPSA) is 49.4 Å². The van der Waals surface area contributed by atoms with Crippen LogP contribution in [-0.4, -0.2) is 38.6 Å². The second kappa shape index (κ2) is 6.39. The molecule has 0 aromatic heterocycles. The molecule has 1 fully saturated rings. The molecular formula is C13H18ClFN2O2S. The molecule has 0 spiro atoms. The maximum absolute atomic E-state index is 13.6. The van der Waals surface area contributed by atoms with Crippen LogP contribution in [-0.2, 0) is 16.6 Å². The summed E-state index contributed by atoms with van der Waals surface area (Å²) >= 11 is 5.69. The van der Waals surface area contributed by atoms with Crippen LogP contribution < -0.4 is 5.32 Å². The minimum absolute atomic E-state index is 0.278. The summed E-state index contributed by atoms with van der Waals surface area (Å²) in [4.78, 5) is 0. The fourth-order valence-corrected chi connectivity index (χ4v) is 3.42. The Morgan fingerprint density at radius 3 is 2.85 bits per heavy atom. The molecule has 2 rings (SSSR count). The number of sulfonamides is 1. The molecule has 7 heteroatoms. The molecule has 20 heavy (non-hydrogen) atoms.